The van der Waals surface area contributed by atoms with E-state index in [1.54, 1.807) is 3.58 Å². The van der Waals surface area contributed by atoms with Crippen LogP contribution in [0.15, 0.2) is 6.20 Å². The number of hydrogen-bond donors (Lipinski definition) is 0. The zero-order valence-electron chi connectivity index (χ0n) is 13.5. The Morgan fingerprint density at radius 2 is 1.80 bits per heavy atom. The van der Waals surface area contributed by atoms with Crippen molar-refractivity contribution in [2.24, 2.45) is 0 Å². The summed E-state index contributed by atoms with van der Waals surface area (Å²) in [5.74, 6) is 1.15. The molecular weight excluding hydrogens is 355 g/mol. The number of nitrogens with zero attached hydrogens (tertiary/aromatic N) is 2. The summed E-state index contributed by atoms with van der Waals surface area (Å²) in [6, 6.07) is 0. The van der Waals surface area contributed by atoms with Crippen molar-refractivity contribution in [2.75, 3.05) is 6.61 Å². The molecule has 3 nitrogen and oxygen atoms in total. The molecule has 0 saturated carbocycles. The Bertz CT molecular complexity index is 409. The zero-order valence-corrected chi connectivity index (χ0v) is 16.3. The van der Waals surface area contributed by atoms with Gasteiger partial charge in [-0.05, 0) is 0 Å². The van der Waals surface area contributed by atoms with Crippen LogP contribution in [0, 0.1) is 0 Å². The average molecular weight is 385 g/mol. The van der Waals surface area contributed by atoms with Crippen molar-refractivity contribution in [3.8, 4) is 5.88 Å². The van der Waals surface area contributed by atoms with E-state index in [-0.39, 0.29) is 0 Å². The van der Waals surface area contributed by atoms with Crippen LogP contribution < -0.4 is 8.32 Å². The quantitative estimate of drug-likeness (QED) is 0.603. The van der Waals surface area contributed by atoms with Crippen LogP contribution in [0.25, 0.3) is 0 Å². The molecule has 0 spiro atoms. The zero-order chi connectivity index (χ0) is 14.4. The summed E-state index contributed by atoms with van der Waals surface area (Å²) in [5.41, 5.74) is 0. The Morgan fingerprint density at radius 3 is 2.40 bits per heavy atom. The summed E-state index contributed by atoms with van der Waals surface area (Å²) in [7, 11) is 0. The fourth-order valence-corrected chi connectivity index (χ4v) is 19.4. The van der Waals surface area contributed by atoms with Crippen molar-refractivity contribution in [2.45, 2.75) is 72.7 Å². The van der Waals surface area contributed by atoms with Crippen LogP contribution in [0.4, 0.5) is 0 Å². The summed E-state index contributed by atoms with van der Waals surface area (Å²) >= 11 is -2.31. The van der Waals surface area contributed by atoms with Gasteiger partial charge < -0.3 is 0 Å². The van der Waals surface area contributed by atoms with E-state index in [1.165, 1.54) is 45.4 Å². The molecular formula is C16H30N2OSn. The molecule has 0 saturated heterocycles. The third kappa shape index (κ3) is 3.34. The first-order valence-corrected chi connectivity index (χ1v) is 15.9. The Balaban J connectivity index is 2.30. The second-order valence-corrected chi connectivity index (χ2v) is 19.3. The number of unbranched alkanes of at least 4 members (excludes halogenated alkanes) is 2. The summed E-state index contributed by atoms with van der Waals surface area (Å²) < 4.78 is 14.1. The Morgan fingerprint density at radius 1 is 1.10 bits per heavy atom. The second-order valence-electron chi connectivity index (χ2n) is 6.17. The third-order valence-corrected chi connectivity index (χ3v) is 20.5. The van der Waals surface area contributed by atoms with E-state index in [1.807, 2.05) is 0 Å². The normalized spacial score (nSPS) is 14.3. The minimum atomic E-state index is -2.31. The van der Waals surface area contributed by atoms with Crippen molar-refractivity contribution < 1.29 is 4.74 Å². The molecule has 0 bridgehead atoms. The van der Waals surface area contributed by atoms with Gasteiger partial charge in [0.25, 0.3) is 0 Å². The Hall–Kier alpha value is -0.191. The molecule has 0 radical (unpaired) electrons. The summed E-state index contributed by atoms with van der Waals surface area (Å²) in [5, 5.41) is 4.61. The predicted octanol–water partition coefficient (Wildman–Crippen LogP) is 3.94. The molecule has 0 unspecified atom stereocenters. The fourth-order valence-electron chi connectivity index (χ4n) is 3.57. The van der Waals surface area contributed by atoms with Crippen LogP contribution in [-0.4, -0.2) is 34.8 Å². The molecule has 2 heterocycles. The van der Waals surface area contributed by atoms with Crippen LogP contribution in [0.2, 0.25) is 13.3 Å². The maximum atomic E-state index is 5.93. The molecule has 0 aliphatic carbocycles. The maximum absolute atomic E-state index is 5.93. The van der Waals surface area contributed by atoms with E-state index in [4.69, 9.17) is 4.74 Å². The molecule has 114 valence electrons. The second kappa shape index (κ2) is 7.71. The molecule has 1 aliphatic rings. The van der Waals surface area contributed by atoms with Gasteiger partial charge in [-0.15, -0.1) is 0 Å². The first-order chi connectivity index (χ1) is 9.77. The van der Waals surface area contributed by atoms with E-state index in [0.29, 0.717) is 0 Å². The first kappa shape index (κ1) is 16.2. The molecule has 0 aromatic carbocycles. The van der Waals surface area contributed by atoms with Gasteiger partial charge in [-0.2, -0.15) is 0 Å². The van der Waals surface area contributed by atoms with E-state index >= 15 is 0 Å². The van der Waals surface area contributed by atoms with Crippen molar-refractivity contribution in [1.29, 1.82) is 0 Å². The van der Waals surface area contributed by atoms with Crippen molar-refractivity contribution in [3.63, 3.8) is 0 Å². The summed E-state index contributed by atoms with van der Waals surface area (Å²) in [6.07, 6.45) is 8.94. The van der Waals surface area contributed by atoms with Gasteiger partial charge in [-0.1, -0.05) is 0 Å². The van der Waals surface area contributed by atoms with E-state index in [9.17, 15) is 0 Å². The number of rotatable bonds is 9. The molecule has 0 amide bonds. The van der Waals surface area contributed by atoms with Crippen LogP contribution in [0.3, 0.4) is 0 Å². The van der Waals surface area contributed by atoms with Crippen LogP contribution in [0.1, 0.15) is 52.9 Å². The predicted molar refractivity (Wildman–Crippen MR) is 87.6 cm³/mol. The van der Waals surface area contributed by atoms with Crippen LogP contribution >= 0.6 is 0 Å². The molecule has 0 atom stereocenters. The van der Waals surface area contributed by atoms with Crippen LogP contribution in [0.5, 0.6) is 5.88 Å². The SMILES string of the molecule is CCC[CH2][Sn]([CH2]CC)([CH2]CCC)[c]1cnn2c1OCC2. The van der Waals surface area contributed by atoms with Gasteiger partial charge in [0.2, 0.25) is 0 Å². The Kier molecular flexibility index (Phi) is 6.24. The number of hydrogen-bond acceptors (Lipinski definition) is 2. The van der Waals surface area contributed by atoms with Gasteiger partial charge in [0.05, 0.1) is 0 Å². The van der Waals surface area contributed by atoms with Gasteiger partial charge >= 0.3 is 128 Å². The van der Waals surface area contributed by atoms with Gasteiger partial charge in [0.15, 0.2) is 0 Å². The molecule has 1 aromatic heterocycles. The minimum absolute atomic E-state index is 0.825. The van der Waals surface area contributed by atoms with E-state index < -0.39 is 18.4 Å². The monoisotopic (exact) mass is 386 g/mol. The molecule has 0 fully saturated rings. The standard InChI is InChI=1S/C5H5N2O.2C4H9.C3H7.Sn/c1-2-6-7-3-4-8-5(1)7;2*1-3-4-2;1-3-2;/h2H,3-4H2;2*1,3-4H2,2H3;1,3H2,2H3;. The summed E-state index contributed by atoms with van der Waals surface area (Å²) in [6.45, 7) is 8.77. The molecule has 1 aliphatic heterocycles. The van der Waals surface area contributed by atoms with E-state index in [2.05, 4.69) is 36.7 Å². The van der Waals surface area contributed by atoms with Gasteiger partial charge in [-0.3, -0.25) is 0 Å². The molecule has 4 heteroatoms. The number of aromatic nitrogens is 2. The molecule has 20 heavy (non-hydrogen) atoms. The van der Waals surface area contributed by atoms with Crippen molar-refractivity contribution in [1.82, 2.24) is 9.78 Å². The number of ether oxygens (including phenoxy) is 1. The van der Waals surface area contributed by atoms with E-state index in [0.717, 1.165) is 19.0 Å². The first-order valence-electron chi connectivity index (χ1n) is 8.46. The van der Waals surface area contributed by atoms with Gasteiger partial charge in [-0.25, -0.2) is 0 Å². The van der Waals surface area contributed by atoms with Gasteiger partial charge in [0.1, 0.15) is 0 Å². The topological polar surface area (TPSA) is 27.1 Å². The van der Waals surface area contributed by atoms with Crippen molar-refractivity contribution in [3.05, 3.63) is 6.20 Å². The average Bonchev–Trinajstić information content (AvgIpc) is 3.05. The molecule has 0 N–H and O–H groups in total. The van der Waals surface area contributed by atoms with Crippen LogP contribution in [-0.2, 0) is 6.54 Å². The molecule has 1 aromatic rings. The van der Waals surface area contributed by atoms with Crippen molar-refractivity contribution >= 4 is 22.0 Å². The van der Waals surface area contributed by atoms with Gasteiger partial charge in [0, 0.05) is 0 Å². The summed E-state index contributed by atoms with van der Waals surface area (Å²) in [4.78, 5) is 0. The fraction of sp³-hybridized carbons (Fsp3) is 0.812. The molecule has 2 rings (SSSR count). The number of fused-ring (bicyclic) bond motifs is 1. The Labute approximate surface area is 128 Å². The third-order valence-electron chi connectivity index (χ3n) is 4.65.